The molecule has 0 saturated heterocycles. The lowest BCUT2D eigenvalue weighted by molar-refractivity contribution is 0.550. The van der Waals surface area contributed by atoms with Crippen molar-refractivity contribution in [2.24, 2.45) is 5.73 Å². The molecule has 0 atom stereocenters. The van der Waals surface area contributed by atoms with Gasteiger partial charge in [-0.3, -0.25) is 0 Å². The summed E-state index contributed by atoms with van der Waals surface area (Å²) in [5, 5.41) is 0. The highest BCUT2D eigenvalue weighted by molar-refractivity contribution is 5.62. The van der Waals surface area contributed by atoms with Crippen LogP contribution in [-0.4, -0.2) is 12.6 Å². The molecular weight excluding hydrogens is 196 g/mol. The van der Waals surface area contributed by atoms with E-state index in [-0.39, 0.29) is 5.54 Å². The SMILES string of the molecule is CC(C)N1CCc2c1cccc2C(C)(C)N. The lowest BCUT2D eigenvalue weighted by Crippen LogP contribution is -2.30. The predicted octanol–water partition coefficient (Wildman–Crippen LogP) is 2.65. The number of nitrogens with zero attached hydrogens (tertiary/aromatic N) is 1. The molecule has 0 saturated carbocycles. The van der Waals surface area contributed by atoms with Crippen molar-refractivity contribution >= 4 is 5.69 Å². The van der Waals surface area contributed by atoms with E-state index in [1.165, 1.54) is 16.8 Å². The lowest BCUT2D eigenvalue weighted by atomic mass is 9.90. The number of anilines is 1. The van der Waals surface area contributed by atoms with Crippen molar-refractivity contribution in [2.75, 3.05) is 11.4 Å². The Labute approximate surface area is 98.4 Å². The van der Waals surface area contributed by atoms with Gasteiger partial charge in [0.25, 0.3) is 0 Å². The van der Waals surface area contributed by atoms with E-state index in [2.05, 4.69) is 50.8 Å². The van der Waals surface area contributed by atoms with Gasteiger partial charge in [-0.05, 0) is 51.3 Å². The van der Waals surface area contributed by atoms with Crippen molar-refractivity contribution < 1.29 is 0 Å². The summed E-state index contributed by atoms with van der Waals surface area (Å²) in [6.45, 7) is 9.78. The van der Waals surface area contributed by atoms with E-state index in [1.807, 2.05) is 0 Å². The summed E-state index contributed by atoms with van der Waals surface area (Å²) in [4.78, 5) is 2.46. The van der Waals surface area contributed by atoms with Crippen LogP contribution < -0.4 is 10.6 Å². The number of benzene rings is 1. The maximum absolute atomic E-state index is 6.23. The molecule has 0 amide bonds. The van der Waals surface area contributed by atoms with E-state index >= 15 is 0 Å². The van der Waals surface area contributed by atoms with E-state index in [9.17, 15) is 0 Å². The van der Waals surface area contributed by atoms with Crippen molar-refractivity contribution in [1.82, 2.24) is 0 Å². The maximum Gasteiger partial charge on any atom is 0.0405 e. The Morgan fingerprint density at radius 1 is 1.31 bits per heavy atom. The van der Waals surface area contributed by atoms with Gasteiger partial charge in [-0.2, -0.15) is 0 Å². The number of fused-ring (bicyclic) bond motifs is 1. The van der Waals surface area contributed by atoms with Crippen molar-refractivity contribution in [3.63, 3.8) is 0 Å². The van der Waals surface area contributed by atoms with Gasteiger partial charge in [0.15, 0.2) is 0 Å². The quantitative estimate of drug-likeness (QED) is 0.827. The van der Waals surface area contributed by atoms with Crippen molar-refractivity contribution in [2.45, 2.75) is 45.7 Å². The van der Waals surface area contributed by atoms with Crippen LogP contribution in [0.2, 0.25) is 0 Å². The third-order valence-electron chi connectivity index (χ3n) is 3.38. The molecule has 2 N–H and O–H groups in total. The van der Waals surface area contributed by atoms with Crippen molar-refractivity contribution in [1.29, 1.82) is 0 Å². The van der Waals surface area contributed by atoms with E-state index < -0.39 is 0 Å². The second kappa shape index (κ2) is 3.77. The highest BCUT2D eigenvalue weighted by Gasteiger charge is 2.27. The van der Waals surface area contributed by atoms with Gasteiger partial charge in [-0.1, -0.05) is 12.1 Å². The Morgan fingerprint density at radius 3 is 2.56 bits per heavy atom. The van der Waals surface area contributed by atoms with E-state index in [1.54, 1.807) is 0 Å². The summed E-state index contributed by atoms with van der Waals surface area (Å²) < 4.78 is 0. The van der Waals surface area contributed by atoms with Crippen molar-refractivity contribution in [3.8, 4) is 0 Å². The fourth-order valence-corrected chi connectivity index (χ4v) is 2.60. The summed E-state index contributed by atoms with van der Waals surface area (Å²) in [6, 6.07) is 7.08. The number of hydrogen-bond acceptors (Lipinski definition) is 2. The molecule has 1 aliphatic heterocycles. The zero-order chi connectivity index (χ0) is 11.9. The summed E-state index contributed by atoms with van der Waals surface area (Å²) >= 11 is 0. The minimum atomic E-state index is -0.238. The number of rotatable bonds is 2. The molecule has 1 aromatic carbocycles. The third-order valence-corrected chi connectivity index (χ3v) is 3.38. The average molecular weight is 218 g/mol. The molecule has 16 heavy (non-hydrogen) atoms. The fraction of sp³-hybridized carbons (Fsp3) is 0.571. The molecule has 2 heteroatoms. The molecule has 88 valence electrons. The molecule has 0 fully saturated rings. The zero-order valence-electron chi connectivity index (χ0n) is 10.7. The number of nitrogens with two attached hydrogens (primary N) is 1. The Hall–Kier alpha value is -1.02. The van der Waals surface area contributed by atoms with Crippen LogP contribution in [-0.2, 0) is 12.0 Å². The van der Waals surface area contributed by atoms with Crippen LogP contribution in [0, 0.1) is 0 Å². The summed E-state index contributed by atoms with van der Waals surface area (Å²) in [7, 11) is 0. The molecule has 0 bridgehead atoms. The van der Waals surface area contributed by atoms with Crippen LogP contribution in [0.5, 0.6) is 0 Å². The summed E-state index contributed by atoms with van der Waals surface area (Å²) in [5.74, 6) is 0. The van der Waals surface area contributed by atoms with Gasteiger partial charge in [0, 0.05) is 23.8 Å². The molecule has 0 unspecified atom stereocenters. The third kappa shape index (κ3) is 1.82. The summed E-state index contributed by atoms with van der Waals surface area (Å²) in [6.07, 6.45) is 1.13. The van der Waals surface area contributed by atoms with E-state index in [0.717, 1.165) is 13.0 Å². The topological polar surface area (TPSA) is 29.3 Å². The molecular formula is C14H22N2. The largest absolute Gasteiger partial charge is 0.369 e. The monoisotopic (exact) mass is 218 g/mol. The first-order chi connectivity index (χ1) is 7.41. The Bertz CT molecular complexity index is 388. The van der Waals surface area contributed by atoms with Crippen LogP contribution in [0.25, 0.3) is 0 Å². The first kappa shape index (κ1) is 11.5. The average Bonchev–Trinajstić information content (AvgIpc) is 2.58. The Kier molecular flexibility index (Phi) is 2.70. The molecule has 0 aromatic heterocycles. The normalized spacial score (nSPS) is 15.8. The molecule has 2 rings (SSSR count). The summed E-state index contributed by atoms with van der Waals surface area (Å²) in [5.41, 5.74) is 10.1. The Morgan fingerprint density at radius 2 is 2.00 bits per heavy atom. The molecule has 1 aliphatic rings. The molecule has 0 radical (unpaired) electrons. The van der Waals surface area contributed by atoms with Gasteiger partial charge in [-0.15, -0.1) is 0 Å². The molecule has 0 aliphatic carbocycles. The van der Waals surface area contributed by atoms with Gasteiger partial charge >= 0.3 is 0 Å². The van der Waals surface area contributed by atoms with Gasteiger partial charge < -0.3 is 10.6 Å². The van der Waals surface area contributed by atoms with Crippen LogP contribution in [0.3, 0.4) is 0 Å². The van der Waals surface area contributed by atoms with Crippen LogP contribution in [0.15, 0.2) is 18.2 Å². The Balaban J connectivity index is 2.48. The lowest BCUT2D eigenvalue weighted by Gasteiger charge is -2.26. The van der Waals surface area contributed by atoms with Crippen LogP contribution in [0.4, 0.5) is 5.69 Å². The standard InChI is InChI=1S/C14H22N2/c1-10(2)16-9-8-11-12(14(3,4)15)6-5-7-13(11)16/h5-7,10H,8-9,15H2,1-4H3. The molecule has 1 heterocycles. The predicted molar refractivity (Wildman–Crippen MR) is 69.8 cm³/mol. The van der Waals surface area contributed by atoms with Crippen molar-refractivity contribution in [3.05, 3.63) is 29.3 Å². The van der Waals surface area contributed by atoms with Crippen LogP contribution in [0.1, 0.15) is 38.8 Å². The van der Waals surface area contributed by atoms with Crippen LogP contribution >= 0.6 is 0 Å². The highest BCUT2D eigenvalue weighted by Crippen LogP contribution is 2.35. The number of hydrogen-bond donors (Lipinski definition) is 1. The highest BCUT2D eigenvalue weighted by atomic mass is 15.2. The first-order valence-corrected chi connectivity index (χ1v) is 6.09. The maximum atomic E-state index is 6.23. The molecule has 0 spiro atoms. The fourth-order valence-electron chi connectivity index (χ4n) is 2.60. The van der Waals surface area contributed by atoms with Gasteiger partial charge in [0.05, 0.1) is 0 Å². The second-order valence-electron chi connectivity index (χ2n) is 5.56. The minimum absolute atomic E-state index is 0.238. The first-order valence-electron chi connectivity index (χ1n) is 6.09. The smallest absolute Gasteiger partial charge is 0.0405 e. The van der Waals surface area contributed by atoms with Gasteiger partial charge in [0.1, 0.15) is 0 Å². The van der Waals surface area contributed by atoms with Gasteiger partial charge in [-0.25, -0.2) is 0 Å². The molecule has 1 aromatic rings. The zero-order valence-corrected chi connectivity index (χ0v) is 10.7. The van der Waals surface area contributed by atoms with E-state index in [4.69, 9.17) is 5.73 Å². The minimum Gasteiger partial charge on any atom is -0.369 e. The second-order valence-corrected chi connectivity index (χ2v) is 5.56. The van der Waals surface area contributed by atoms with Gasteiger partial charge in [0.2, 0.25) is 0 Å². The molecule has 2 nitrogen and oxygen atoms in total. The van der Waals surface area contributed by atoms with E-state index in [0.29, 0.717) is 6.04 Å².